The van der Waals surface area contributed by atoms with Crippen molar-refractivity contribution in [3.05, 3.63) is 72.9 Å². The fourth-order valence-corrected chi connectivity index (χ4v) is 5.07. The number of ether oxygens (including phenoxy) is 3. The third-order valence-corrected chi connectivity index (χ3v) is 8.08. The molecule has 50 heavy (non-hydrogen) atoms. The van der Waals surface area contributed by atoms with E-state index in [4.69, 9.17) is 14.2 Å². The van der Waals surface area contributed by atoms with Crippen LogP contribution >= 0.6 is 0 Å². The van der Waals surface area contributed by atoms with Gasteiger partial charge in [0.15, 0.2) is 0 Å². The largest absolute Gasteiger partial charge is 0.465 e. The predicted molar refractivity (Wildman–Crippen MR) is 210 cm³/mol. The van der Waals surface area contributed by atoms with E-state index >= 15 is 0 Å². The van der Waals surface area contributed by atoms with Gasteiger partial charge in [-0.25, -0.2) is 0 Å². The van der Waals surface area contributed by atoms with E-state index < -0.39 is 5.97 Å². The summed E-state index contributed by atoms with van der Waals surface area (Å²) < 4.78 is 15.9. The number of allylic oxidation sites excluding steroid dienone is 12. The molecule has 1 atom stereocenters. The molecule has 0 saturated carbocycles. The van der Waals surface area contributed by atoms with E-state index in [-0.39, 0.29) is 44.1 Å². The Morgan fingerprint density at radius 2 is 0.800 bits per heavy atom. The summed E-state index contributed by atoms with van der Waals surface area (Å²) in [5, 5.41) is 0. The molecule has 1 unspecified atom stereocenters. The van der Waals surface area contributed by atoms with Crippen molar-refractivity contribution in [3.8, 4) is 0 Å². The maximum absolute atomic E-state index is 12.3. The molecule has 0 radical (unpaired) electrons. The van der Waals surface area contributed by atoms with Crippen molar-refractivity contribution in [2.24, 2.45) is 5.92 Å². The van der Waals surface area contributed by atoms with Crippen molar-refractivity contribution < 1.29 is 28.6 Å². The second-order valence-corrected chi connectivity index (χ2v) is 13.0. The summed E-state index contributed by atoms with van der Waals surface area (Å²) in [5.74, 6) is -1.39. The van der Waals surface area contributed by atoms with Gasteiger partial charge >= 0.3 is 17.9 Å². The van der Waals surface area contributed by atoms with Crippen LogP contribution in [-0.4, -0.2) is 37.7 Å². The van der Waals surface area contributed by atoms with Crippen LogP contribution in [0.1, 0.15) is 162 Å². The fraction of sp³-hybridized carbons (Fsp3) is 0.659. The highest BCUT2D eigenvalue weighted by Gasteiger charge is 2.16. The first-order chi connectivity index (χ1) is 24.5. The summed E-state index contributed by atoms with van der Waals surface area (Å²) in [4.78, 5) is 35.8. The molecule has 0 rings (SSSR count). The third-order valence-electron chi connectivity index (χ3n) is 8.08. The lowest BCUT2D eigenvalue weighted by Crippen LogP contribution is -2.26. The normalized spacial score (nSPS) is 12.8. The maximum atomic E-state index is 12.3. The van der Waals surface area contributed by atoms with E-state index in [9.17, 15) is 14.4 Å². The summed E-state index contributed by atoms with van der Waals surface area (Å²) in [5.41, 5.74) is 0. The summed E-state index contributed by atoms with van der Waals surface area (Å²) in [7, 11) is 0. The first kappa shape index (κ1) is 46.9. The highest BCUT2D eigenvalue weighted by Crippen LogP contribution is 2.13. The molecule has 0 heterocycles. The van der Waals surface area contributed by atoms with Crippen LogP contribution in [0, 0.1) is 5.92 Å². The lowest BCUT2D eigenvalue weighted by atomic mass is 10.0. The van der Waals surface area contributed by atoms with Crippen LogP contribution in [0.4, 0.5) is 0 Å². The van der Waals surface area contributed by atoms with Gasteiger partial charge in [-0.05, 0) is 51.4 Å². The summed E-state index contributed by atoms with van der Waals surface area (Å²) in [6, 6.07) is 0. The van der Waals surface area contributed by atoms with Gasteiger partial charge in [0.25, 0.3) is 0 Å². The Hall–Kier alpha value is -3.15. The van der Waals surface area contributed by atoms with Crippen molar-refractivity contribution in [2.45, 2.75) is 162 Å². The van der Waals surface area contributed by atoms with Crippen LogP contribution in [-0.2, 0) is 28.6 Å². The molecule has 0 aromatic carbocycles. The monoisotopic (exact) mass is 697 g/mol. The van der Waals surface area contributed by atoms with Gasteiger partial charge in [0, 0.05) is 19.8 Å². The minimum atomic E-state index is -0.419. The van der Waals surface area contributed by atoms with Gasteiger partial charge in [0.1, 0.15) is 19.8 Å². The second-order valence-electron chi connectivity index (χ2n) is 13.0. The minimum absolute atomic E-state index is 0.0434. The zero-order chi connectivity index (χ0) is 36.6. The Balaban J connectivity index is 3.99. The molecule has 0 N–H and O–H groups in total. The zero-order valence-corrected chi connectivity index (χ0v) is 32.1. The number of carbonyl (C=O) groups excluding carboxylic acids is 3. The molecule has 0 bridgehead atoms. The van der Waals surface area contributed by atoms with Crippen LogP contribution in [0.2, 0.25) is 0 Å². The number of esters is 3. The SMILES string of the molecule is CC/C=C\C/C=C\C/C=C\C/C=C\C/C=C\C/C=C\CCC(=O)OCC(COC(C)=O)COC(=O)CCCCCCCCCCCCCCC. The van der Waals surface area contributed by atoms with Gasteiger partial charge in [-0.15, -0.1) is 0 Å². The molecule has 0 saturated heterocycles. The molecule has 0 aliphatic carbocycles. The van der Waals surface area contributed by atoms with Crippen molar-refractivity contribution in [1.29, 1.82) is 0 Å². The molecular formula is C44H72O6. The van der Waals surface area contributed by atoms with Gasteiger partial charge < -0.3 is 14.2 Å². The van der Waals surface area contributed by atoms with Crippen molar-refractivity contribution >= 4 is 17.9 Å². The number of unbranched alkanes of at least 4 members (excludes halogenated alkanes) is 12. The molecule has 0 amide bonds. The average Bonchev–Trinajstić information content (AvgIpc) is 3.10. The molecule has 0 aromatic heterocycles. The lowest BCUT2D eigenvalue weighted by Gasteiger charge is -2.17. The predicted octanol–water partition coefficient (Wildman–Crippen LogP) is 12.2. The van der Waals surface area contributed by atoms with Gasteiger partial charge in [-0.1, -0.05) is 164 Å². The molecule has 0 fully saturated rings. The van der Waals surface area contributed by atoms with Crippen LogP contribution < -0.4 is 0 Å². The molecule has 0 aliphatic rings. The number of hydrogen-bond donors (Lipinski definition) is 0. The van der Waals surface area contributed by atoms with Crippen LogP contribution in [0.25, 0.3) is 0 Å². The molecule has 0 spiro atoms. The van der Waals surface area contributed by atoms with Crippen molar-refractivity contribution in [1.82, 2.24) is 0 Å². The number of hydrogen-bond acceptors (Lipinski definition) is 6. The van der Waals surface area contributed by atoms with Gasteiger partial charge in [-0.2, -0.15) is 0 Å². The quantitative estimate of drug-likeness (QED) is 0.0288. The Morgan fingerprint density at radius 1 is 0.440 bits per heavy atom. The molecule has 6 nitrogen and oxygen atoms in total. The van der Waals surface area contributed by atoms with Gasteiger partial charge in [-0.3, -0.25) is 14.4 Å². The van der Waals surface area contributed by atoms with Gasteiger partial charge in [0.05, 0.1) is 5.92 Å². The second kappa shape index (κ2) is 38.6. The smallest absolute Gasteiger partial charge is 0.306 e. The number of rotatable bonds is 34. The minimum Gasteiger partial charge on any atom is -0.465 e. The summed E-state index contributed by atoms with van der Waals surface area (Å²) in [6.07, 6.45) is 49.1. The van der Waals surface area contributed by atoms with E-state index in [1.807, 2.05) is 12.2 Å². The highest BCUT2D eigenvalue weighted by molar-refractivity contribution is 5.70. The molecule has 284 valence electrons. The summed E-state index contributed by atoms with van der Waals surface area (Å²) >= 11 is 0. The fourth-order valence-electron chi connectivity index (χ4n) is 5.07. The van der Waals surface area contributed by atoms with E-state index in [0.717, 1.165) is 57.8 Å². The standard InChI is InChI=1S/C44H72O6/c1-4-6-8-10-12-14-16-18-19-20-21-22-23-25-27-29-31-33-35-37-44(47)50-40-42(38-48-41(3)45)39-49-43(46)36-34-32-30-28-26-24-17-15-13-11-9-7-5-2/h6,8,12,14,18-19,21-22,25,27,31,33,42H,4-5,7,9-11,13,15-17,20,23-24,26,28-30,32,34-40H2,1-3H3/b8-6-,14-12-,19-18-,22-21-,27-25-,33-31-. The van der Waals surface area contributed by atoms with Crippen LogP contribution in [0.15, 0.2) is 72.9 Å². The van der Waals surface area contributed by atoms with E-state index in [0.29, 0.717) is 12.8 Å². The first-order valence-corrected chi connectivity index (χ1v) is 19.8. The number of carbonyl (C=O) groups is 3. The van der Waals surface area contributed by atoms with E-state index in [1.54, 1.807) is 0 Å². The topological polar surface area (TPSA) is 78.9 Å². The lowest BCUT2D eigenvalue weighted by molar-refractivity contribution is -0.152. The van der Waals surface area contributed by atoms with Crippen molar-refractivity contribution in [2.75, 3.05) is 19.8 Å². The molecule has 0 aromatic rings. The van der Waals surface area contributed by atoms with Crippen LogP contribution in [0.3, 0.4) is 0 Å². The molecule has 6 heteroatoms. The zero-order valence-electron chi connectivity index (χ0n) is 32.1. The Bertz CT molecular complexity index is 986. The summed E-state index contributed by atoms with van der Waals surface area (Å²) in [6.45, 7) is 5.88. The van der Waals surface area contributed by atoms with E-state index in [1.165, 1.54) is 71.1 Å². The van der Waals surface area contributed by atoms with E-state index in [2.05, 4.69) is 74.6 Å². The highest BCUT2D eigenvalue weighted by atomic mass is 16.6. The molecule has 0 aliphatic heterocycles. The maximum Gasteiger partial charge on any atom is 0.306 e. The average molecular weight is 697 g/mol. The molecular weight excluding hydrogens is 624 g/mol. The third kappa shape index (κ3) is 37.7. The first-order valence-electron chi connectivity index (χ1n) is 19.8. The Labute approximate surface area is 306 Å². The Morgan fingerprint density at radius 3 is 1.22 bits per heavy atom. The van der Waals surface area contributed by atoms with Crippen molar-refractivity contribution in [3.63, 3.8) is 0 Å². The van der Waals surface area contributed by atoms with Crippen LogP contribution in [0.5, 0.6) is 0 Å². The Kier molecular flexibility index (Phi) is 36.2. The van der Waals surface area contributed by atoms with Gasteiger partial charge in [0.2, 0.25) is 0 Å².